The fourth-order valence-electron chi connectivity index (χ4n) is 2.94. The number of benzene rings is 1. The van der Waals surface area contributed by atoms with Crippen LogP contribution in [-0.2, 0) is 0 Å². The van der Waals surface area contributed by atoms with Crippen LogP contribution >= 0.6 is 0 Å². The molecular formula is C15H19N3O2. The van der Waals surface area contributed by atoms with Gasteiger partial charge >= 0.3 is 5.69 Å². The van der Waals surface area contributed by atoms with E-state index in [-0.39, 0.29) is 17.3 Å². The Labute approximate surface area is 118 Å². The van der Waals surface area contributed by atoms with E-state index in [1.54, 1.807) is 12.1 Å². The second-order valence-electron chi connectivity index (χ2n) is 5.40. The van der Waals surface area contributed by atoms with Crippen LogP contribution in [0.25, 0.3) is 0 Å². The molecule has 0 amide bonds. The molecule has 1 unspecified atom stereocenters. The zero-order chi connectivity index (χ0) is 14.5. The third kappa shape index (κ3) is 3.08. The zero-order valence-corrected chi connectivity index (χ0v) is 11.6. The fourth-order valence-corrected chi connectivity index (χ4v) is 2.94. The summed E-state index contributed by atoms with van der Waals surface area (Å²) in [6.07, 6.45) is 6.08. The number of hydrogen-bond acceptors (Lipinski definition) is 4. The molecule has 1 saturated carbocycles. The van der Waals surface area contributed by atoms with Crippen LogP contribution in [0.15, 0.2) is 18.2 Å². The standard InChI is InChI=1S/C15H19N3O2/c1-11(12-6-3-2-4-7-12)17-14-9-5-8-13(10-16)15(14)18(19)20/h5,8-9,11-12,17H,2-4,6-7H2,1H3. The Morgan fingerprint density at radius 3 is 2.70 bits per heavy atom. The lowest BCUT2D eigenvalue weighted by molar-refractivity contribution is -0.384. The Morgan fingerprint density at radius 2 is 2.10 bits per heavy atom. The van der Waals surface area contributed by atoms with Crippen LogP contribution in [0, 0.1) is 27.4 Å². The molecule has 0 bridgehead atoms. The number of nitro benzene ring substituents is 1. The van der Waals surface area contributed by atoms with Crippen molar-refractivity contribution in [1.82, 2.24) is 0 Å². The van der Waals surface area contributed by atoms with Gasteiger partial charge in [0, 0.05) is 6.04 Å². The van der Waals surface area contributed by atoms with Gasteiger partial charge in [-0.3, -0.25) is 10.1 Å². The van der Waals surface area contributed by atoms with Crippen LogP contribution in [0.4, 0.5) is 11.4 Å². The Hall–Kier alpha value is -2.09. The van der Waals surface area contributed by atoms with E-state index in [0.717, 1.165) is 0 Å². The van der Waals surface area contributed by atoms with Crippen molar-refractivity contribution in [1.29, 1.82) is 5.26 Å². The van der Waals surface area contributed by atoms with Gasteiger partial charge < -0.3 is 5.32 Å². The Balaban J connectivity index is 2.20. The predicted octanol–water partition coefficient (Wildman–Crippen LogP) is 3.85. The van der Waals surface area contributed by atoms with Crippen LogP contribution in [0.5, 0.6) is 0 Å². The van der Waals surface area contributed by atoms with Gasteiger partial charge in [0.05, 0.1) is 4.92 Å². The first-order chi connectivity index (χ1) is 9.63. The highest BCUT2D eigenvalue weighted by Crippen LogP contribution is 2.32. The SMILES string of the molecule is CC(Nc1cccc(C#N)c1[N+](=O)[O-])C1CCCCC1. The second kappa shape index (κ2) is 6.38. The average molecular weight is 273 g/mol. The molecule has 20 heavy (non-hydrogen) atoms. The fraction of sp³-hybridized carbons (Fsp3) is 0.533. The number of nitrogens with zero attached hydrogens (tertiary/aromatic N) is 2. The highest BCUT2D eigenvalue weighted by Gasteiger charge is 2.24. The predicted molar refractivity (Wildman–Crippen MR) is 77.5 cm³/mol. The minimum Gasteiger partial charge on any atom is -0.377 e. The summed E-state index contributed by atoms with van der Waals surface area (Å²) in [7, 11) is 0. The number of anilines is 1. The van der Waals surface area contributed by atoms with Crippen molar-refractivity contribution in [2.75, 3.05) is 5.32 Å². The van der Waals surface area contributed by atoms with Gasteiger partial charge in [0.2, 0.25) is 0 Å². The Bertz CT molecular complexity index is 530. The molecule has 0 spiro atoms. The first-order valence-electron chi connectivity index (χ1n) is 7.07. The van der Waals surface area contributed by atoms with E-state index in [9.17, 15) is 10.1 Å². The summed E-state index contributed by atoms with van der Waals surface area (Å²) < 4.78 is 0. The Morgan fingerprint density at radius 1 is 1.40 bits per heavy atom. The zero-order valence-electron chi connectivity index (χ0n) is 11.6. The summed E-state index contributed by atoms with van der Waals surface area (Å²) in [5.74, 6) is 0.550. The van der Waals surface area contributed by atoms with Gasteiger partial charge in [0.15, 0.2) is 0 Å². The highest BCUT2D eigenvalue weighted by molar-refractivity contribution is 5.68. The number of nitrogens with one attached hydrogen (secondary N) is 1. The van der Waals surface area contributed by atoms with Crippen molar-refractivity contribution in [2.45, 2.75) is 45.1 Å². The molecule has 0 aromatic heterocycles. The highest BCUT2D eigenvalue weighted by atomic mass is 16.6. The monoisotopic (exact) mass is 273 g/mol. The van der Waals surface area contributed by atoms with Crippen LogP contribution in [-0.4, -0.2) is 11.0 Å². The van der Waals surface area contributed by atoms with E-state index >= 15 is 0 Å². The number of nitriles is 1. The summed E-state index contributed by atoms with van der Waals surface area (Å²) in [4.78, 5) is 10.7. The normalized spacial score (nSPS) is 17.2. The summed E-state index contributed by atoms with van der Waals surface area (Å²) >= 11 is 0. The van der Waals surface area contributed by atoms with Gasteiger partial charge in [0.1, 0.15) is 17.3 Å². The number of para-hydroxylation sites is 1. The maximum Gasteiger partial charge on any atom is 0.309 e. The third-order valence-electron chi connectivity index (χ3n) is 4.08. The molecule has 1 aromatic rings. The first kappa shape index (κ1) is 14.3. The number of hydrogen-bond donors (Lipinski definition) is 1. The van der Waals surface area contributed by atoms with Gasteiger partial charge in [-0.2, -0.15) is 5.26 Å². The van der Waals surface area contributed by atoms with E-state index < -0.39 is 4.92 Å². The molecule has 1 atom stereocenters. The van der Waals surface area contributed by atoms with E-state index in [4.69, 9.17) is 5.26 Å². The van der Waals surface area contributed by atoms with Gasteiger partial charge in [-0.25, -0.2) is 0 Å². The van der Waals surface area contributed by atoms with Crippen molar-refractivity contribution in [2.24, 2.45) is 5.92 Å². The topological polar surface area (TPSA) is 79.0 Å². The summed E-state index contributed by atoms with van der Waals surface area (Å²) in [5, 5.41) is 23.4. The van der Waals surface area contributed by atoms with Gasteiger partial charge in [-0.15, -0.1) is 0 Å². The molecular weight excluding hydrogens is 254 g/mol. The quantitative estimate of drug-likeness (QED) is 0.667. The molecule has 0 aliphatic heterocycles. The average Bonchev–Trinajstić information content (AvgIpc) is 2.47. The molecule has 106 valence electrons. The van der Waals surface area contributed by atoms with Crippen molar-refractivity contribution in [3.05, 3.63) is 33.9 Å². The second-order valence-corrected chi connectivity index (χ2v) is 5.40. The van der Waals surface area contributed by atoms with Crippen molar-refractivity contribution >= 4 is 11.4 Å². The molecule has 5 nitrogen and oxygen atoms in total. The minimum atomic E-state index is -0.478. The number of rotatable bonds is 4. The molecule has 2 rings (SSSR count). The molecule has 0 radical (unpaired) electrons. The lowest BCUT2D eigenvalue weighted by Crippen LogP contribution is -2.28. The molecule has 1 N–H and O–H groups in total. The van der Waals surface area contributed by atoms with Gasteiger partial charge in [0.25, 0.3) is 0 Å². The van der Waals surface area contributed by atoms with Crippen molar-refractivity contribution < 1.29 is 4.92 Å². The lowest BCUT2D eigenvalue weighted by atomic mass is 9.84. The molecule has 1 aliphatic rings. The van der Waals surface area contributed by atoms with E-state index in [2.05, 4.69) is 12.2 Å². The molecule has 1 fully saturated rings. The van der Waals surface area contributed by atoms with Crippen LogP contribution in [0.1, 0.15) is 44.6 Å². The summed E-state index contributed by atoms with van der Waals surface area (Å²) in [6.45, 7) is 2.07. The van der Waals surface area contributed by atoms with Gasteiger partial charge in [-0.05, 0) is 37.8 Å². The molecule has 1 aromatic carbocycles. The molecule has 0 saturated heterocycles. The maximum absolute atomic E-state index is 11.2. The minimum absolute atomic E-state index is 0.107. The largest absolute Gasteiger partial charge is 0.377 e. The molecule has 5 heteroatoms. The molecule has 0 heterocycles. The van der Waals surface area contributed by atoms with Crippen LogP contribution in [0.3, 0.4) is 0 Å². The van der Waals surface area contributed by atoms with Crippen molar-refractivity contribution in [3.8, 4) is 6.07 Å². The smallest absolute Gasteiger partial charge is 0.309 e. The molecule has 1 aliphatic carbocycles. The summed E-state index contributed by atoms with van der Waals surface area (Å²) in [5.41, 5.74) is 0.445. The Kier molecular flexibility index (Phi) is 4.57. The van der Waals surface area contributed by atoms with Crippen LogP contribution in [0.2, 0.25) is 0 Å². The van der Waals surface area contributed by atoms with Gasteiger partial charge in [-0.1, -0.05) is 25.3 Å². The summed E-state index contributed by atoms with van der Waals surface area (Å²) in [6, 6.07) is 6.91. The van der Waals surface area contributed by atoms with E-state index in [0.29, 0.717) is 11.6 Å². The van der Waals surface area contributed by atoms with E-state index in [1.165, 1.54) is 38.2 Å². The van der Waals surface area contributed by atoms with Crippen molar-refractivity contribution in [3.63, 3.8) is 0 Å². The van der Waals surface area contributed by atoms with E-state index in [1.807, 2.05) is 6.07 Å². The first-order valence-corrected chi connectivity index (χ1v) is 7.07. The lowest BCUT2D eigenvalue weighted by Gasteiger charge is -2.28. The third-order valence-corrected chi connectivity index (χ3v) is 4.08. The maximum atomic E-state index is 11.2. The van der Waals surface area contributed by atoms with Crippen LogP contribution < -0.4 is 5.32 Å². The number of nitro groups is 1.